The van der Waals surface area contributed by atoms with Crippen molar-refractivity contribution in [3.05, 3.63) is 53.3 Å². The molecule has 0 aliphatic carbocycles. The Morgan fingerprint density at radius 1 is 1.14 bits per heavy atom. The Morgan fingerprint density at radius 3 is 2.52 bits per heavy atom. The van der Waals surface area contributed by atoms with E-state index < -0.39 is 0 Å². The van der Waals surface area contributed by atoms with Crippen LogP contribution >= 0.6 is 0 Å². The molecule has 112 valence electrons. The minimum atomic E-state index is 0.145. The number of aromatic nitrogens is 1. The Hall–Kier alpha value is -1.87. The molecule has 21 heavy (non-hydrogen) atoms. The Kier molecular flexibility index (Phi) is 4.63. The van der Waals surface area contributed by atoms with Gasteiger partial charge in [0.15, 0.2) is 0 Å². The van der Waals surface area contributed by atoms with Crippen LogP contribution in [0.3, 0.4) is 0 Å². The number of ether oxygens (including phenoxy) is 1. The van der Waals surface area contributed by atoms with Gasteiger partial charge < -0.3 is 10.5 Å². The summed E-state index contributed by atoms with van der Waals surface area (Å²) >= 11 is 0. The van der Waals surface area contributed by atoms with Crippen LogP contribution in [0.5, 0.6) is 11.5 Å². The first-order valence-corrected chi connectivity index (χ1v) is 7.33. The molecule has 3 nitrogen and oxygen atoms in total. The second kappa shape index (κ2) is 6.27. The minimum absolute atomic E-state index is 0.145. The maximum Gasteiger partial charge on any atom is 0.145 e. The summed E-state index contributed by atoms with van der Waals surface area (Å²) < 4.78 is 5.96. The summed E-state index contributed by atoms with van der Waals surface area (Å²) in [4.78, 5) is 4.21. The van der Waals surface area contributed by atoms with Gasteiger partial charge in [0.05, 0.1) is 6.20 Å². The monoisotopic (exact) mass is 284 g/mol. The molecule has 0 bridgehead atoms. The number of nitrogens with zero attached hydrogens (tertiary/aromatic N) is 1. The van der Waals surface area contributed by atoms with E-state index in [1.807, 2.05) is 18.3 Å². The maximum absolute atomic E-state index is 5.96. The fourth-order valence-electron chi connectivity index (χ4n) is 2.18. The van der Waals surface area contributed by atoms with Gasteiger partial charge in [0.25, 0.3) is 0 Å². The lowest BCUT2D eigenvalue weighted by molar-refractivity contribution is 0.474. The highest BCUT2D eigenvalue weighted by Crippen LogP contribution is 2.30. The lowest BCUT2D eigenvalue weighted by atomic mass is 9.86. The highest BCUT2D eigenvalue weighted by Gasteiger charge is 2.15. The van der Waals surface area contributed by atoms with Crippen molar-refractivity contribution in [2.45, 2.75) is 39.5 Å². The van der Waals surface area contributed by atoms with Crippen LogP contribution in [-0.2, 0) is 11.8 Å². The third-order valence-corrected chi connectivity index (χ3v) is 3.47. The molecule has 0 aliphatic rings. The van der Waals surface area contributed by atoms with E-state index in [0.29, 0.717) is 6.54 Å². The van der Waals surface area contributed by atoms with Crippen molar-refractivity contribution in [1.29, 1.82) is 0 Å². The smallest absolute Gasteiger partial charge is 0.145 e. The minimum Gasteiger partial charge on any atom is -0.455 e. The number of hydrogen-bond acceptors (Lipinski definition) is 3. The van der Waals surface area contributed by atoms with Gasteiger partial charge in [-0.1, -0.05) is 32.9 Å². The van der Waals surface area contributed by atoms with Crippen LogP contribution in [0.2, 0.25) is 0 Å². The quantitative estimate of drug-likeness (QED) is 0.923. The lowest BCUT2D eigenvalue weighted by Crippen LogP contribution is -2.11. The number of rotatable bonds is 4. The highest BCUT2D eigenvalue weighted by molar-refractivity contribution is 5.41. The van der Waals surface area contributed by atoms with Crippen LogP contribution in [0.25, 0.3) is 0 Å². The molecule has 1 heterocycles. The molecule has 2 rings (SSSR count). The van der Waals surface area contributed by atoms with Gasteiger partial charge in [0, 0.05) is 6.20 Å². The van der Waals surface area contributed by atoms with E-state index in [2.05, 4.69) is 44.8 Å². The summed E-state index contributed by atoms with van der Waals surface area (Å²) in [6.07, 6.45) is 4.37. The maximum atomic E-state index is 5.96. The van der Waals surface area contributed by atoms with Gasteiger partial charge in [-0.25, -0.2) is 0 Å². The summed E-state index contributed by atoms with van der Waals surface area (Å²) in [6, 6.07) is 8.34. The van der Waals surface area contributed by atoms with Crippen molar-refractivity contribution in [2.24, 2.45) is 5.73 Å². The standard InChI is InChI=1S/C18H24N2O/c1-13-9-15(18(2,3)4)5-6-17(13)21-16-10-14(7-8-19)11-20-12-16/h5-6,9-12H,7-8,19H2,1-4H3. The highest BCUT2D eigenvalue weighted by atomic mass is 16.5. The summed E-state index contributed by atoms with van der Waals surface area (Å²) in [7, 11) is 0. The van der Waals surface area contributed by atoms with Crippen LogP contribution in [0.15, 0.2) is 36.7 Å². The van der Waals surface area contributed by atoms with Gasteiger partial charge in [0.1, 0.15) is 11.5 Å². The zero-order chi connectivity index (χ0) is 15.5. The first kappa shape index (κ1) is 15.5. The number of pyridine rings is 1. The molecule has 0 atom stereocenters. The Labute approximate surface area is 127 Å². The van der Waals surface area contributed by atoms with E-state index in [4.69, 9.17) is 10.5 Å². The van der Waals surface area contributed by atoms with Crippen molar-refractivity contribution in [3.63, 3.8) is 0 Å². The van der Waals surface area contributed by atoms with Crippen LogP contribution in [0.1, 0.15) is 37.5 Å². The first-order valence-electron chi connectivity index (χ1n) is 7.33. The zero-order valence-electron chi connectivity index (χ0n) is 13.3. The molecular weight excluding hydrogens is 260 g/mol. The predicted octanol–water partition coefficient (Wildman–Crippen LogP) is 3.98. The molecular formula is C18H24N2O. The third kappa shape index (κ3) is 4.05. The predicted molar refractivity (Wildman–Crippen MR) is 86.9 cm³/mol. The average Bonchev–Trinajstić information content (AvgIpc) is 2.41. The van der Waals surface area contributed by atoms with Crippen LogP contribution in [0.4, 0.5) is 0 Å². The van der Waals surface area contributed by atoms with Gasteiger partial charge in [-0.15, -0.1) is 0 Å². The molecule has 0 fully saturated rings. The first-order chi connectivity index (χ1) is 9.90. The number of nitrogens with two attached hydrogens (primary N) is 1. The van der Waals surface area contributed by atoms with E-state index in [9.17, 15) is 0 Å². The van der Waals surface area contributed by atoms with E-state index in [1.165, 1.54) is 5.56 Å². The number of hydrogen-bond donors (Lipinski definition) is 1. The molecule has 1 aromatic heterocycles. The van der Waals surface area contributed by atoms with Gasteiger partial charge in [-0.05, 0) is 54.1 Å². The SMILES string of the molecule is Cc1cc(C(C)(C)C)ccc1Oc1cncc(CCN)c1. The summed E-state index contributed by atoms with van der Waals surface area (Å²) in [5, 5.41) is 0. The molecule has 0 aliphatic heterocycles. The van der Waals surface area contributed by atoms with Gasteiger partial charge in [0.2, 0.25) is 0 Å². The van der Waals surface area contributed by atoms with Gasteiger partial charge in [-0.2, -0.15) is 0 Å². The van der Waals surface area contributed by atoms with Crippen molar-refractivity contribution < 1.29 is 4.74 Å². The van der Waals surface area contributed by atoms with E-state index in [0.717, 1.165) is 29.0 Å². The molecule has 2 aromatic rings. The van der Waals surface area contributed by atoms with Crippen molar-refractivity contribution >= 4 is 0 Å². The van der Waals surface area contributed by atoms with Crippen LogP contribution in [-0.4, -0.2) is 11.5 Å². The molecule has 1 aromatic carbocycles. The summed E-state index contributed by atoms with van der Waals surface area (Å²) in [6.45, 7) is 9.32. The van der Waals surface area contributed by atoms with E-state index in [-0.39, 0.29) is 5.41 Å². The van der Waals surface area contributed by atoms with Crippen LogP contribution < -0.4 is 10.5 Å². The summed E-state index contributed by atoms with van der Waals surface area (Å²) in [5.41, 5.74) is 9.26. The number of aryl methyl sites for hydroxylation is 1. The Balaban J connectivity index is 2.22. The van der Waals surface area contributed by atoms with Crippen molar-refractivity contribution in [2.75, 3.05) is 6.54 Å². The van der Waals surface area contributed by atoms with Crippen molar-refractivity contribution in [1.82, 2.24) is 4.98 Å². The molecule has 0 amide bonds. The Bertz CT molecular complexity index is 615. The average molecular weight is 284 g/mol. The lowest BCUT2D eigenvalue weighted by Gasteiger charge is -2.20. The third-order valence-electron chi connectivity index (χ3n) is 3.47. The molecule has 2 N–H and O–H groups in total. The topological polar surface area (TPSA) is 48.1 Å². The summed E-state index contributed by atoms with van der Waals surface area (Å²) in [5.74, 6) is 1.63. The molecule has 3 heteroatoms. The van der Waals surface area contributed by atoms with Crippen LogP contribution in [0, 0.1) is 6.92 Å². The second-order valence-electron chi connectivity index (χ2n) is 6.40. The molecule has 0 saturated carbocycles. The van der Waals surface area contributed by atoms with Gasteiger partial charge >= 0.3 is 0 Å². The second-order valence-corrected chi connectivity index (χ2v) is 6.40. The molecule has 0 radical (unpaired) electrons. The largest absolute Gasteiger partial charge is 0.455 e. The molecule has 0 spiro atoms. The van der Waals surface area contributed by atoms with E-state index >= 15 is 0 Å². The normalized spacial score (nSPS) is 11.5. The Morgan fingerprint density at radius 2 is 1.90 bits per heavy atom. The molecule has 0 saturated heterocycles. The van der Waals surface area contributed by atoms with Crippen molar-refractivity contribution in [3.8, 4) is 11.5 Å². The fraction of sp³-hybridized carbons (Fsp3) is 0.389. The van der Waals surface area contributed by atoms with E-state index in [1.54, 1.807) is 6.20 Å². The van der Waals surface area contributed by atoms with Gasteiger partial charge in [-0.3, -0.25) is 4.98 Å². The fourth-order valence-corrected chi connectivity index (χ4v) is 2.18. The number of benzene rings is 1. The zero-order valence-corrected chi connectivity index (χ0v) is 13.3. The molecule has 0 unspecified atom stereocenters.